The number of halogens is 1. The van der Waals surface area contributed by atoms with Gasteiger partial charge in [0.15, 0.2) is 0 Å². The molecular formula is C19H19ClN4O3S. The maximum Gasteiger partial charge on any atom is 0.261 e. The second kappa shape index (κ2) is 8.04. The van der Waals surface area contributed by atoms with Crippen molar-refractivity contribution in [1.29, 1.82) is 0 Å². The van der Waals surface area contributed by atoms with Crippen molar-refractivity contribution in [2.24, 2.45) is 0 Å². The smallest absolute Gasteiger partial charge is 0.261 e. The van der Waals surface area contributed by atoms with Crippen LogP contribution in [-0.2, 0) is 14.8 Å². The van der Waals surface area contributed by atoms with Crippen molar-refractivity contribution >= 4 is 38.9 Å². The monoisotopic (exact) mass is 418 g/mol. The van der Waals surface area contributed by atoms with Gasteiger partial charge in [-0.3, -0.25) is 14.2 Å². The number of anilines is 2. The minimum atomic E-state index is -3.81. The van der Waals surface area contributed by atoms with Gasteiger partial charge in [-0.2, -0.15) is 5.10 Å². The molecule has 0 aliphatic carbocycles. The van der Waals surface area contributed by atoms with E-state index in [9.17, 15) is 13.2 Å². The van der Waals surface area contributed by atoms with Crippen molar-refractivity contribution in [1.82, 2.24) is 9.78 Å². The van der Waals surface area contributed by atoms with Crippen LogP contribution in [0.25, 0.3) is 0 Å². The first-order valence-corrected chi connectivity index (χ1v) is 10.3. The van der Waals surface area contributed by atoms with Gasteiger partial charge in [0.05, 0.1) is 10.6 Å². The van der Waals surface area contributed by atoms with Gasteiger partial charge in [0, 0.05) is 23.1 Å². The molecule has 2 N–H and O–H groups in total. The SMILES string of the molecule is Cc1ccc(S(=O)(=O)Nc2cccc(NC(=O)C(C)n3cccn3)c2)cc1Cl. The van der Waals surface area contributed by atoms with E-state index in [-0.39, 0.29) is 10.8 Å². The van der Waals surface area contributed by atoms with Crippen LogP contribution in [0.2, 0.25) is 5.02 Å². The zero-order valence-corrected chi connectivity index (χ0v) is 16.8. The highest BCUT2D eigenvalue weighted by atomic mass is 35.5. The number of carbonyl (C=O) groups is 1. The van der Waals surface area contributed by atoms with Crippen LogP contribution in [0, 0.1) is 6.92 Å². The first-order valence-electron chi connectivity index (χ1n) is 8.45. The fraction of sp³-hybridized carbons (Fsp3) is 0.158. The molecule has 3 aromatic rings. The Balaban J connectivity index is 1.75. The van der Waals surface area contributed by atoms with Crippen LogP contribution in [0.5, 0.6) is 0 Å². The second-order valence-electron chi connectivity index (χ2n) is 6.25. The lowest BCUT2D eigenvalue weighted by atomic mass is 10.2. The lowest BCUT2D eigenvalue weighted by Gasteiger charge is -2.14. The summed E-state index contributed by atoms with van der Waals surface area (Å²) in [4.78, 5) is 12.4. The Morgan fingerprint density at radius 2 is 1.89 bits per heavy atom. The summed E-state index contributed by atoms with van der Waals surface area (Å²) in [5, 5.41) is 7.17. The molecule has 0 aliphatic heterocycles. The molecule has 0 spiro atoms. The van der Waals surface area contributed by atoms with E-state index in [1.54, 1.807) is 62.6 Å². The fourth-order valence-corrected chi connectivity index (χ4v) is 3.81. The Morgan fingerprint density at radius 3 is 2.57 bits per heavy atom. The van der Waals surface area contributed by atoms with Crippen LogP contribution in [0.15, 0.2) is 65.8 Å². The summed E-state index contributed by atoms with van der Waals surface area (Å²) >= 11 is 6.03. The molecule has 0 fully saturated rings. The molecule has 1 atom stereocenters. The van der Waals surface area contributed by atoms with E-state index in [1.165, 1.54) is 16.8 Å². The fourth-order valence-electron chi connectivity index (χ4n) is 2.49. The lowest BCUT2D eigenvalue weighted by Crippen LogP contribution is -2.24. The molecule has 7 nitrogen and oxygen atoms in total. The number of hydrogen-bond acceptors (Lipinski definition) is 4. The van der Waals surface area contributed by atoms with Crippen LogP contribution < -0.4 is 10.0 Å². The molecule has 1 aromatic heterocycles. The van der Waals surface area contributed by atoms with E-state index < -0.39 is 16.1 Å². The number of aryl methyl sites for hydroxylation is 1. The number of carbonyl (C=O) groups excluding carboxylic acids is 1. The predicted octanol–water partition coefficient (Wildman–Crippen LogP) is 3.85. The zero-order chi connectivity index (χ0) is 20.3. The quantitative estimate of drug-likeness (QED) is 0.635. The Hall–Kier alpha value is -2.84. The van der Waals surface area contributed by atoms with Gasteiger partial charge in [-0.15, -0.1) is 0 Å². The normalized spacial score (nSPS) is 12.4. The van der Waals surface area contributed by atoms with Gasteiger partial charge in [0.25, 0.3) is 10.0 Å². The minimum Gasteiger partial charge on any atom is -0.324 e. The highest BCUT2D eigenvalue weighted by molar-refractivity contribution is 7.92. The third-order valence-electron chi connectivity index (χ3n) is 4.14. The Kier molecular flexibility index (Phi) is 5.71. The maximum absolute atomic E-state index is 12.6. The van der Waals surface area contributed by atoms with Crippen LogP contribution in [0.1, 0.15) is 18.5 Å². The van der Waals surface area contributed by atoms with Gasteiger partial charge < -0.3 is 5.32 Å². The first-order chi connectivity index (χ1) is 13.3. The highest BCUT2D eigenvalue weighted by Crippen LogP contribution is 2.23. The topological polar surface area (TPSA) is 93.1 Å². The number of aromatic nitrogens is 2. The molecule has 1 unspecified atom stereocenters. The lowest BCUT2D eigenvalue weighted by molar-refractivity contribution is -0.119. The summed E-state index contributed by atoms with van der Waals surface area (Å²) in [5.41, 5.74) is 1.57. The Labute approximate surface area is 168 Å². The average Bonchev–Trinajstić information content (AvgIpc) is 3.17. The molecule has 146 valence electrons. The molecule has 2 aromatic carbocycles. The standard InChI is InChI=1S/C19H19ClN4O3S/c1-13-7-8-17(12-18(13)20)28(26,27)23-16-6-3-5-15(11-16)22-19(25)14(2)24-10-4-9-21-24/h3-12,14,23H,1-2H3,(H,22,25). The number of hydrogen-bond donors (Lipinski definition) is 2. The second-order valence-corrected chi connectivity index (χ2v) is 8.34. The number of benzene rings is 2. The molecule has 0 aliphatic rings. The molecule has 9 heteroatoms. The molecule has 3 rings (SSSR count). The maximum atomic E-state index is 12.6. The van der Waals surface area contributed by atoms with Crippen molar-refractivity contribution in [3.63, 3.8) is 0 Å². The number of sulfonamides is 1. The molecule has 1 heterocycles. The van der Waals surface area contributed by atoms with Crippen molar-refractivity contribution < 1.29 is 13.2 Å². The van der Waals surface area contributed by atoms with Crippen LogP contribution in [-0.4, -0.2) is 24.1 Å². The molecule has 28 heavy (non-hydrogen) atoms. The number of nitrogens with zero attached hydrogens (tertiary/aromatic N) is 2. The van der Waals surface area contributed by atoms with Crippen molar-refractivity contribution in [2.45, 2.75) is 24.8 Å². The molecule has 0 saturated carbocycles. The van der Waals surface area contributed by atoms with E-state index in [4.69, 9.17) is 11.6 Å². The summed E-state index contributed by atoms with van der Waals surface area (Å²) in [6.07, 6.45) is 3.29. The predicted molar refractivity (Wildman–Crippen MR) is 109 cm³/mol. The summed E-state index contributed by atoms with van der Waals surface area (Å²) in [5.74, 6) is -0.269. The van der Waals surface area contributed by atoms with Gasteiger partial charge in [0.1, 0.15) is 6.04 Å². The van der Waals surface area contributed by atoms with Crippen LogP contribution in [0.4, 0.5) is 11.4 Å². The van der Waals surface area contributed by atoms with Crippen molar-refractivity contribution in [3.05, 3.63) is 71.5 Å². The Morgan fingerprint density at radius 1 is 1.14 bits per heavy atom. The summed E-state index contributed by atoms with van der Waals surface area (Å²) in [7, 11) is -3.81. The molecular weight excluding hydrogens is 400 g/mol. The van der Waals surface area contributed by atoms with Gasteiger partial charge in [-0.1, -0.05) is 23.7 Å². The number of rotatable bonds is 6. The number of amides is 1. The van der Waals surface area contributed by atoms with Crippen LogP contribution in [0.3, 0.4) is 0 Å². The third kappa shape index (κ3) is 4.52. The van der Waals surface area contributed by atoms with Gasteiger partial charge in [-0.05, 0) is 55.8 Å². The summed E-state index contributed by atoms with van der Waals surface area (Å²) < 4.78 is 29.2. The highest BCUT2D eigenvalue weighted by Gasteiger charge is 2.17. The third-order valence-corrected chi connectivity index (χ3v) is 5.92. The minimum absolute atomic E-state index is 0.0600. The zero-order valence-electron chi connectivity index (χ0n) is 15.3. The van der Waals surface area contributed by atoms with Crippen LogP contribution >= 0.6 is 11.6 Å². The van der Waals surface area contributed by atoms with Gasteiger partial charge >= 0.3 is 0 Å². The van der Waals surface area contributed by atoms with E-state index in [2.05, 4.69) is 15.1 Å². The van der Waals surface area contributed by atoms with Crippen molar-refractivity contribution in [3.8, 4) is 0 Å². The molecule has 0 radical (unpaired) electrons. The van der Waals surface area contributed by atoms with E-state index in [0.717, 1.165) is 5.56 Å². The molecule has 0 bridgehead atoms. The van der Waals surface area contributed by atoms with Gasteiger partial charge in [-0.25, -0.2) is 8.42 Å². The van der Waals surface area contributed by atoms with E-state index in [0.29, 0.717) is 16.4 Å². The molecule has 1 amide bonds. The average molecular weight is 419 g/mol. The Bertz CT molecular complexity index is 1100. The first kappa shape index (κ1) is 19.9. The number of nitrogens with one attached hydrogen (secondary N) is 2. The largest absolute Gasteiger partial charge is 0.324 e. The molecule has 0 saturated heterocycles. The van der Waals surface area contributed by atoms with Gasteiger partial charge in [0.2, 0.25) is 5.91 Å². The summed E-state index contributed by atoms with van der Waals surface area (Å²) in [6.45, 7) is 3.51. The van der Waals surface area contributed by atoms with E-state index in [1.807, 2.05) is 0 Å². The van der Waals surface area contributed by atoms with Crippen molar-refractivity contribution in [2.75, 3.05) is 10.0 Å². The summed E-state index contributed by atoms with van der Waals surface area (Å²) in [6, 6.07) is 12.2. The van der Waals surface area contributed by atoms with E-state index >= 15 is 0 Å².